The molecule has 0 radical (unpaired) electrons. The molecule has 0 bridgehead atoms. The van der Waals surface area contributed by atoms with Crippen molar-refractivity contribution in [3.63, 3.8) is 0 Å². The monoisotopic (exact) mass is 318 g/mol. The highest BCUT2D eigenvalue weighted by molar-refractivity contribution is 7.59. The van der Waals surface area contributed by atoms with Crippen LogP contribution < -0.4 is 0 Å². The predicted molar refractivity (Wildman–Crippen MR) is 63.8 cm³/mol. The summed E-state index contributed by atoms with van der Waals surface area (Å²) in [6.07, 6.45) is 1.20. The first kappa shape index (κ1) is 20.5. The fraction of sp³-hybridized carbons (Fsp3) is 1.00. The van der Waals surface area contributed by atoms with E-state index in [4.69, 9.17) is 30.0 Å². The van der Waals surface area contributed by atoms with Gasteiger partial charge in [-0.25, -0.2) is 0 Å². The van der Waals surface area contributed by atoms with Crippen LogP contribution in [-0.4, -0.2) is 48.2 Å². The van der Waals surface area contributed by atoms with Crippen molar-refractivity contribution in [3.05, 3.63) is 0 Å². The van der Waals surface area contributed by atoms with Gasteiger partial charge in [0.25, 0.3) is 0 Å². The van der Waals surface area contributed by atoms with Crippen molar-refractivity contribution < 1.29 is 35.1 Å². The van der Waals surface area contributed by atoms with Crippen LogP contribution in [-0.2, 0) is 26.0 Å². The molecule has 10 heteroatoms. The highest BCUT2D eigenvalue weighted by Crippen LogP contribution is 2.36. The summed E-state index contributed by atoms with van der Waals surface area (Å²) in [5.41, 5.74) is -0.638. The van der Waals surface area contributed by atoms with E-state index in [0.717, 1.165) is 6.42 Å². The lowest BCUT2D eigenvalue weighted by atomic mass is 9.85. The van der Waals surface area contributed by atoms with Gasteiger partial charge < -0.3 is 9.84 Å². The third-order valence-corrected chi connectivity index (χ3v) is 3.08. The maximum absolute atomic E-state index is 9.91. The van der Waals surface area contributed by atoms with Crippen molar-refractivity contribution in [2.45, 2.75) is 51.9 Å². The Kier molecular flexibility index (Phi) is 9.84. The third-order valence-electron chi connectivity index (χ3n) is 3.08. The molecule has 114 valence electrons. The van der Waals surface area contributed by atoms with Crippen LogP contribution in [0.1, 0.15) is 34.1 Å². The SMILES string of the molecule is CC[C@H]1O[C@@H](C)[C@@](C)(O)[C@@H]1C.O=S(=O)=O.O=S(=O)=O. The second-order valence-electron chi connectivity index (χ2n) is 4.15. The van der Waals surface area contributed by atoms with E-state index < -0.39 is 26.8 Å². The predicted octanol–water partition coefficient (Wildman–Crippen LogP) is -0.437. The zero-order valence-electron chi connectivity index (χ0n) is 11.1. The van der Waals surface area contributed by atoms with Crippen molar-refractivity contribution in [2.75, 3.05) is 0 Å². The fourth-order valence-corrected chi connectivity index (χ4v) is 1.71. The number of rotatable bonds is 1. The van der Waals surface area contributed by atoms with E-state index in [0.29, 0.717) is 0 Å². The van der Waals surface area contributed by atoms with Crippen molar-refractivity contribution in [1.29, 1.82) is 0 Å². The summed E-state index contributed by atoms with van der Waals surface area (Å²) in [7, 11) is -6.22. The maximum Gasteiger partial charge on any atom is 0.425 e. The number of ether oxygens (including phenoxy) is 1. The summed E-state index contributed by atoms with van der Waals surface area (Å²) in [5.74, 6) is 0.252. The van der Waals surface area contributed by atoms with Crippen LogP contribution >= 0.6 is 0 Å². The summed E-state index contributed by atoms with van der Waals surface area (Å²) in [4.78, 5) is 0. The van der Waals surface area contributed by atoms with Gasteiger partial charge in [-0.1, -0.05) is 13.8 Å². The number of hydrogen-bond acceptors (Lipinski definition) is 8. The summed E-state index contributed by atoms with van der Waals surface area (Å²) < 4.78 is 56.3. The molecule has 1 saturated heterocycles. The average molecular weight is 318 g/mol. The Balaban J connectivity index is 0. The number of aliphatic hydroxyl groups is 1. The first-order valence-electron chi connectivity index (χ1n) is 5.38. The highest BCUT2D eigenvalue weighted by Gasteiger charge is 2.46. The Labute approximate surface area is 114 Å². The minimum Gasteiger partial charge on any atom is -0.387 e. The maximum atomic E-state index is 9.91. The average Bonchev–Trinajstić information content (AvgIpc) is 2.40. The summed E-state index contributed by atoms with van der Waals surface area (Å²) >= 11 is 0. The standard InChI is InChI=1S/C9H18O2.2O3S/c1-5-8-6(2)9(4,10)7(3)11-8;2*1-4(2)3/h6-8,10H,5H2,1-4H3;;/t6-,7+,8-,9+;;/m1../s1. The zero-order chi connectivity index (χ0) is 15.8. The molecule has 8 nitrogen and oxygen atoms in total. The van der Waals surface area contributed by atoms with E-state index in [-0.39, 0.29) is 18.1 Å². The molecule has 1 aliphatic heterocycles. The minimum absolute atomic E-state index is 0.0255. The molecule has 1 N–H and O–H groups in total. The van der Waals surface area contributed by atoms with Gasteiger partial charge in [0, 0.05) is 5.92 Å². The molecule has 19 heavy (non-hydrogen) atoms. The largest absolute Gasteiger partial charge is 0.425 e. The van der Waals surface area contributed by atoms with Gasteiger partial charge in [-0.05, 0) is 20.3 Å². The van der Waals surface area contributed by atoms with Crippen molar-refractivity contribution in [3.8, 4) is 0 Å². The van der Waals surface area contributed by atoms with Crippen LogP contribution in [0.25, 0.3) is 0 Å². The normalized spacial score (nSPS) is 32.4. The molecule has 0 unspecified atom stereocenters. The summed E-state index contributed by atoms with van der Waals surface area (Å²) in [6.45, 7) is 7.94. The first-order valence-corrected chi connectivity index (χ1v) is 7.38. The van der Waals surface area contributed by atoms with Crippen LogP contribution in [0, 0.1) is 5.92 Å². The second-order valence-corrected chi connectivity index (χ2v) is 4.96. The molecule has 0 saturated carbocycles. The fourth-order valence-electron chi connectivity index (χ4n) is 1.71. The van der Waals surface area contributed by atoms with E-state index >= 15 is 0 Å². The van der Waals surface area contributed by atoms with Crippen LogP contribution in [0.3, 0.4) is 0 Å². The van der Waals surface area contributed by atoms with E-state index in [1.807, 2.05) is 13.8 Å². The zero-order valence-corrected chi connectivity index (χ0v) is 12.7. The molecule has 4 atom stereocenters. The second kappa shape index (κ2) is 9.13. The summed E-state index contributed by atoms with van der Waals surface area (Å²) in [5, 5.41) is 9.91. The quantitative estimate of drug-likeness (QED) is 0.688. The molecule has 1 fully saturated rings. The Hall–Kier alpha value is -0.840. The Morgan fingerprint density at radius 3 is 1.47 bits per heavy atom. The molecule has 1 rings (SSSR count). The van der Waals surface area contributed by atoms with E-state index in [1.165, 1.54) is 0 Å². The topological polar surface area (TPSA) is 132 Å². The molecule has 1 heterocycles. The van der Waals surface area contributed by atoms with E-state index in [9.17, 15) is 5.11 Å². The van der Waals surface area contributed by atoms with Gasteiger partial charge in [-0.2, -0.15) is 0 Å². The van der Waals surface area contributed by atoms with Crippen LogP contribution in [0.2, 0.25) is 0 Å². The van der Waals surface area contributed by atoms with Crippen molar-refractivity contribution in [1.82, 2.24) is 0 Å². The third kappa shape index (κ3) is 8.81. The first-order chi connectivity index (χ1) is 8.46. The lowest BCUT2D eigenvalue weighted by Gasteiger charge is -2.25. The van der Waals surface area contributed by atoms with Crippen LogP contribution in [0.15, 0.2) is 0 Å². The van der Waals surface area contributed by atoms with Gasteiger partial charge in [-0.15, -0.1) is 25.3 Å². The van der Waals surface area contributed by atoms with Gasteiger partial charge in [0.1, 0.15) is 0 Å². The minimum atomic E-state index is -3.11. The van der Waals surface area contributed by atoms with Crippen molar-refractivity contribution >= 4 is 21.2 Å². The van der Waals surface area contributed by atoms with Gasteiger partial charge in [0.15, 0.2) is 0 Å². The van der Waals surface area contributed by atoms with E-state index in [2.05, 4.69) is 13.8 Å². The van der Waals surface area contributed by atoms with Gasteiger partial charge in [0.05, 0.1) is 17.8 Å². The molecule has 0 amide bonds. The van der Waals surface area contributed by atoms with Crippen molar-refractivity contribution in [2.24, 2.45) is 5.92 Å². The van der Waals surface area contributed by atoms with E-state index in [1.54, 1.807) is 0 Å². The summed E-state index contributed by atoms with van der Waals surface area (Å²) in [6, 6.07) is 0. The molecule has 0 aromatic rings. The van der Waals surface area contributed by atoms with Gasteiger partial charge in [0.2, 0.25) is 0 Å². The Bertz CT molecular complexity index is 419. The molecule has 0 spiro atoms. The van der Waals surface area contributed by atoms with Gasteiger partial charge in [-0.3, -0.25) is 0 Å². The molecule has 1 aliphatic rings. The highest BCUT2D eigenvalue weighted by atomic mass is 32.2. The van der Waals surface area contributed by atoms with Gasteiger partial charge >= 0.3 is 21.2 Å². The Morgan fingerprint density at radius 1 is 1.05 bits per heavy atom. The van der Waals surface area contributed by atoms with Crippen LogP contribution in [0.5, 0.6) is 0 Å². The molecule has 0 aromatic carbocycles. The Morgan fingerprint density at radius 2 is 1.37 bits per heavy atom. The molecular weight excluding hydrogens is 300 g/mol. The molecular formula is C9H18O8S2. The lowest BCUT2D eigenvalue weighted by molar-refractivity contribution is -0.0318. The van der Waals surface area contributed by atoms with Crippen LogP contribution in [0.4, 0.5) is 0 Å². The smallest absolute Gasteiger partial charge is 0.387 e. The number of hydrogen-bond donors (Lipinski definition) is 1. The lowest BCUT2D eigenvalue weighted by Crippen LogP contribution is -2.38. The molecule has 0 aliphatic carbocycles. The molecule has 0 aromatic heterocycles.